The number of carbonyl (C=O) groups excluding carboxylic acids is 1. The quantitative estimate of drug-likeness (QED) is 0.829. The number of benzene rings is 1. The van der Waals surface area contributed by atoms with Crippen molar-refractivity contribution in [3.63, 3.8) is 0 Å². The Labute approximate surface area is 135 Å². The van der Waals surface area contributed by atoms with Crippen molar-refractivity contribution in [1.82, 2.24) is 4.90 Å². The fraction of sp³-hybridized carbons (Fsp3) is 0.632. The molecule has 0 N–H and O–H groups in total. The highest BCUT2D eigenvalue weighted by molar-refractivity contribution is 5.81. The van der Waals surface area contributed by atoms with Gasteiger partial charge < -0.3 is 9.80 Å². The van der Waals surface area contributed by atoms with E-state index in [9.17, 15) is 4.79 Å². The molecular formula is C19H30N2O. The van der Waals surface area contributed by atoms with Gasteiger partial charge in [0.15, 0.2) is 0 Å². The van der Waals surface area contributed by atoms with Gasteiger partial charge >= 0.3 is 0 Å². The third kappa shape index (κ3) is 3.45. The van der Waals surface area contributed by atoms with E-state index in [0.29, 0.717) is 5.92 Å². The molecule has 22 heavy (non-hydrogen) atoms. The minimum atomic E-state index is -0.284. The van der Waals surface area contributed by atoms with Crippen LogP contribution in [0.5, 0.6) is 0 Å². The van der Waals surface area contributed by atoms with Crippen molar-refractivity contribution < 1.29 is 4.79 Å². The van der Waals surface area contributed by atoms with Crippen LogP contribution in [0.25, 0.3) is 0 Å². The van der Waals surface area contributed by atoms with Crippen LogP contribution in [0.4, 0.5) is 5.69 Å². The fourth-order valence-electron chi connectivity index (χ4n) is 3.19. The van der Waals surface area contributed by atoms with Gasteiger partial charge in [0.25, 0.3) is 0 Å². The number of amides is 1. The van der Waals surface area contributed by atoms with Crippen LogP contribution in [0.2, 0.25) is 0 Å². The van der Waals surface area contributed by atoms with E-state index < -0.39 is 0 Å². The Morgan fingerprint density at radius 3 is 2.18 bits per heavy atom. The average molecular weight is 302 g/mol. The van der Waals surface area contributed by atoms with Crippen LogP contribution in [0.15, 0.2) is 18.2 Å². The summed E-state index contributed by atoms with van der Waals surface area (Å²) < 4.78 is 0. The highest BCUT2D eigenvalue weighted by atomic mass is 16.2. The second kappa shape index (κ2) is 6.31. The Hall–Kier alpha value is -1.51. The first-order valence-electron chi connectivity index (χ1n) is 8.35. The van der Waals surface area contributed by atoms with Crippen LogP contribution in [0.3, 0.4) is 0 Å². The van der Waals surface area contributed by atoms with Crippen LogP contribution in [-0.2, 0) is 4.79 Å². The normalized spacial score (nSPS) is 16.3. The lowest BCUT2D eigenvalue weighted by Crippen LogP contribution is -2.52. The first kappa shape index (κ1) is 16.9. The van der Waals surface area contributed by atoms with Gasteiger partial charge in [-0.2, -0.15) is 0 Å². The topological polar surface area (TPSA) is 23.6 Å². The average Bonchev–Trinajstić information content (AvgIpc) is 2.45. The number of hydrogen-bond acceptors (Lipinski definition) is 2. The number of anilines is 1. The van der Waals surface area contributed by atoms with Crippen molar-refractivity contribution in [3.05, 3.63) is 29.3 Å². The Kier molecular flexibility index (Phi) is 4.84. The molecule has 1 saturated heterocycles. The molecule has 1 amide bonds. The van der Waals surface area contributed by atoms with Crippen molar-refractivity contribution in [2.24, 2.45) is 5.41 Å². The summed E-state index contributed by atoms with van der Waals surface area (Å²) in [5.41, 5.74) is 3.84. The minimum Gasteiger partial charge on any atom is -0.368 e. The smallest absolute Gasteiger partial charge is 0.228 e. The molecule has 1 aliphatic heterocycles. The number of piperazine rings is 1. The van der Waals surface area contributed by atoms with Crippen molar-refractivity contribution >= 4 is 11.6 Å². The van der Waals surface area contributed by atoms with E-state index in [1.54, 1.807) is 0 Å². The molecule has 1 aliphatic rings. The third-order valence-electron chi connectivity index (χ3n) is 4.42. The first-order chi connectivity index (χ1) is 10.2. The molecule has 0 aromatic heterocycles. The summed E-state index contributed by atoms with van der Waals surface area (Å²) in [4.78, 5) is 16.9. The lowest BCUT2D eigenvalue weighted by atomic mass is 9.94. The molecule has 3 nitrogen and oxygen atoms in total. The maximum Gasteiger partial charge on any atom is 0.228 e. The van der Waals surface area contributed by atoms with Crippen molar-refractivity contribution in [1.29, 1.82) is 0 Å². The van der Waals surface area contributed by atoms with Crippen molar-refractivity contribution in [2.75, 3.05) is 31.1 Å². The molecule has 0 spiro atoms. The van der Waals surface area contributed by atoms with Crippen LogP contribution >= 0.6 is 0 Å². The molecule has 1 heterocycles. The molecule has 0 radical (unpaired) electrons. The molecule has 1 aromatic rings. The van der Waals surface area contributed by atoms with Crippen molar-refractivity contribution in [2.45, 2.75) is 47.5 Å². The highest BCUT2D eigenvalue weighted by Crippen LogP contribution is 2.32. The van der Waals surface area contributed by atoms with Gasteiger partial charge in [-0.1, -0.05) is 52.8 Å². The molecule has 3 heteroatoms. The van der Waals surface area contributed by atoms with Gasteiger partial charge in [-0.15, -0.1) is 0 Å². The molecule has 122 valence electrons. The zero-order valence-electron chi connectivity index (χ0n) is 14.9. The largest absolute Gasteiger partial charge is 0.368 e. The van der Waals surface area contributed by atoms with E-state index in [-0.39, 0.29) is 11.3 Å². The first-order valence-corrected chi connectivity index (χ1v) is 8.35. The van der Waals surface area contributed by atoms with Gasteiger partial charge in [-0.3, -0.25) is 4.79 Å². The monoisotopic (exact) mass is 302 g/mol. The lowest BCUT2D eigenvalue weighted by molar-refractivity contribution is -0.139. The Balaban J connectivity index is 2.15. The van der Waals surface area contributed by atoms with E-state index in [1.165, 1.54) is 16.8 Å². The van der Waals surface area contributed by atoms with Gasteiger partial charge in [-0.05, 0) is 24.0 Å². The van der Waals surface area contributed by atoms with Crippen LogP contribution in [-0.4, -0.2) is 37.0 Å². The van der Waals surface area contributed by atoms with Gasteiger partial charge in [0.2, 0.25) is 5.91 Å². The van der Waals surface area contributed by atoms with E-state index in [0.717, 1.165) is 26.2 Å². The summed E-state index contributed by atoms with van der Waals surface area (Å²) in [6.45, 7) is 16.2. The molecule has 1 aromatic carbocycles. The summed E-state index contributed by atoms with van der Waals surface area (Å²) in [7, 11) is 0. The molecule has 0 saturated carbocycles. The number of hydrogen-bond donors (Lipinski definition) is 0. The zero-order chi connectivity index (χ0) is 16.5. The Bertz CT molecular complexity index is 535. The minimum absolute atomic E-state index is 0.265. The number of rotatable bonds is 2. The van der Waals surface area contributed by atoms with Gasteiger partial charge in [0, 0.05) is 37.3 Å². The predicted molar refractivity (Wildman–Crippen MR) is 93.5 cm³/mol. The molecular weight excluding hydrogens is 272 g/mol. The van der Waals surface area contributed by atoms with Gasteiger partial charge in [0.05, 0.1) is 0 Å². The highest BCUT2D eigenvalue weighted by Gasteiger charge is 2.30. The summed E-state index contributed by atoms with van der Waals surface area (Å²) in [5.74, 6) is 0.783. The number of para-hydroxylation sites is 1. The van der Waals surface area contributed by atoms with Gasteiger partial charge in [-0.25, -0.2) is 0 Å². The molecule has 0 unspecified atom stereocenters. The second-order valence-corrected chi connectivity index (χ2v) is 7.70. The zero-order valence-corrected chi connectivity index (χ0v) is 14.9. The maximum absolute atomic E-state index is 12.4. The lowest BCUT2D eigenvalue weighted by Gasteiger charge is -2.40. The van der Waals surface area contributed by atoms with E-state index in [2.05, 4.69) is 43.9 Å². The standard InChI is InChI=1S/C19H30N2O/c1-14(2)16-9-7-8-15(3)17(16)20-10-12-21(13-11-20)18(22)19(4,5)6/h7-9,14H,10-13H2,1-6H3. The summed E-state index contributed by atoms with van der Waals surface area (Å²) >= 11 is 0. The Morgan fingerprint density at radius 2 is 1.68 bits per heavy atom. The van der Waals surface area contributed by atoms with Gasteiger partial charge in [0.1, 0.15) is 0 Å². The molecule has 0 aliphatic carbocycles. The predicted octanol–water partition coefficient (Wildman–Crippen LogP) is 3.81. The fourth-order valence-corrected chi connectivity index (χ4v) is 3.19. The summed E-state index contributed by atoms with van der Waals surface area (Å²) in [5, 5.41) is 0. The molecule has 1 fully saturated rings. The maximum atomic E-state index is 12.4. The van der Waals surface area contributed by atoms with E-state index >= 15 is 0 Å². The van der Waals surface area contributed by atoms with E-state index in [4.69, 9.17) is 0 Å². The SMILES string of the molecule is Cc1cccc(C(C)C)c1N1CCN(C(=O)C(C)(C)C)CC1. The van der Waals surface area contributed by atoms with Crippen LogP contribution in [0.1, 0.15) is 51.7 Å². The summed E-state index contributed by atoms with van der Waals surface area (Å²) in [6, 6.07) is 6.57. The Morgan fingerprint density at radius 1 is 1.09 bits per heavy atom. The second-order valence-electron chi connectivity index (χ2n) is 7.70. The summed E-state index contributed by atoms with van der Waals surface area (Å²) in [6.07, 6.45) is 0. The molecule has 0 bridgehead atoms. The molecule has 2 rings (SSSR count). The van der Waals surface area contributed by atoms with Crippen LogP contribution < -0.4 is 4.90 Å². The van der Waals surface area contributed by atoms with Crippen molar-refractivity contribution in [3.8, 4) is 0 Å². The van der Waals surface area contributed by atoms with Crippen LogP contribution in [0, 0.1) is 12.3 Å². The number of nitrogens with zero attached hydrogens (tertiary/aromatic N) is 2. The third-order valence-corrected chi connectivity index (χ3v) is 4.42. The number of carbonyl (C=O) groups is 1. The molecule has 0 atom stereocenters. The number of aryl methyl sites for hydroxylation is 1. The van der Waals surface area contributed by atoms with E-state index in [1.807, 2.05) is 25.7 Å².